The van der Waals surface area contributed by atoms with Crippen LogP contribution in [0, 0.1) is 5.41 Å². The number of rotatable bonds is 7. The zero-order chi connectivity index (χ0) is 20.3. The number of benzene rings is 1. The monoisotopic (exact) mass is 545 g/mol. The molecule has 0 amide bonds. The van der Waals surface area contributed by atoms with Crippen molar-refractivity contribution in [3.8, 4) is 11.4 Å². The number of halogens is 2. The largest absolute Gasteiger partial charge is 0.378 e. The molecule has 2 atom stereocenters. The Bertz CT molecular complexity index is 853. The Morgan fingerprint density at radius 1 is 1.33 bits per heavy atom. The van der Waals surface area contributed by atoms with Crippen molar-refractivity contribution in [1.29, 1.82) is 0 Å². The Balaban J connectivity index is 0.00000256. The Morgan fingerprint density at radius 2 is 2.10 bits per heavy atom. The van der Waals surface area contributed by atoms with Crippen molar-refractivity contribution in [2.45, 2.75) is 51.2 Å². The summed E-state index contributed by atoms with van der Waals surface area (Å²) in [6.45, 7) is 3.52. The van der Waals surface area contributed by atoms with Gasteiger partial charge in [-0.3, -0.25) is 4.99 Å². The third-order valence-corrected chi connectivity index (χ3v) is 6.43. The van der Waals surface area contributed by atoms with E-state index >= 15 is 0 Å². The Labute approximate surface area is 199 Å². The molecule has 2 N–H and O–H groups in total. The molecule has 0 aliphatic heterocycles. The predicted molar refractivity (Wildman–Crippen MR) is 128 cm³/mol. The molecule has 9 heteroatoms. The number of hydrogen-bond donors (Lipinski definition) is 2. The van der Waals surface area contributed by atoms with Gasteiger partial charge in [-0.15, -0.1) is 24.0 Å². The highest BCUT2D eigenvalue weighted by molar-refractivity contribution is 14.0. The van der Waals surface area contributed by atoms with Crippen LogP contribution in [0.15, 0.2) is 33.8 Å². The normalized spacial score (nSPS) is 22.0. The second kappa shape index (κ2) is 10.3. The van der Waals surface area contributed by atoms with Gasteiger partial charge in [-0.25, -0.2) is 0 Å². The third-order valence-electron chi connectivity index (χ3n) is 6.17. The maximum Gasteiger partial charge on any atom is 0.228 e. The smallest absolute Gasteiger partial charge is 0.228 e. The number of guanidine groups is 1. The van der Waals surface area contributed by atoms with E-state index < -0.39 is 0 Å². The highest BCUT2D eigenvalue weighted by atomic mass is 127. The summed E-state index contributed by atoms with van der Waals surface area (Å²) in [6.07, 6.45) is 5.83. The van der Waals surface area contributed by atoms with Crippen molar-refractivity contribution < 1.29 is 9.26 Å². The molecular weight excluding hydrogens is 517 g/mol. The highest BCUT2D eigenvalue weighted by Gasteiger charge is 2.59. The molecule has 2 aliphatic rings. The Kier molecular flexibility index (Phi) is 7.98. The molecular formula is C21H29ClIN5O2. The van der Waals surface area contributed by atoms with Crippen LogP contribution in [-0.2, 0) is 11.2 Å². The minimum atomic E-state index is 0. The topological polar surface area (TPSA) is 84.6 Å². The lowest BCUT2D eigenvalue weighted by Gasteiger charge is -2.61. The Hall–Kier alpha value is -1.39. The van der Waals surface area contributed by atoms with Crippen LogP contribution in [0.2, 0.25) is 5.02 Å². The maximum atomic E-state index is 5.93. The summed E-state index contributed by atoms with van der Waals surface area (Å²) in [6, 6.07) is 7.82. The minimum Gasteiger partial charge on any atom is -0.378 e. The fraction of sp³-hybridized carbons (Fsp3) is 0.571. The van der Waals surface area contributed by atoms with Crippen LogP contribution >= 0.6 is 35.6 Å². The molecule has 30 heavy (non-hydrogen) atoms. The second-order valence-electron chi connectivity index (χ2n) is 7.73. The molecule has 1 spiro atoms. The molecule has 1 aromatic heterocycles. The van der Waals surface area contributed by atoms with Crippen LogP contribution in [0.25, 0.3) is 11.4 Å². The SMILES string of the molecule is CCOC1CC(NC(=NC)NCCc2nc(-c3ccc(Cl)cc3)no2)C12CCC2.I. The highest BCUT2D eigenvalue weighted by Crippen LogP contribution is 2.57. The van der Waals surface area contributed by atoms with E-state index in [0.29, 0.717) is 47.3 Å². The quantitative estimate of drug-likeness (QED) is 0.310. The summed E-state index contributed by atoms with van der Waals surface area (Å²) >= 11 is 5.92. The van der Waals surface area contributed by atoms with Gasteiger partial charge in [0.05, 0.1) is 6.10 Å². The fourth-order valence-corrected chi connectivity index (χ4v) is 4.49. The summed E-state index contributed by atoms with van der Waals surface area (Å²) in [5, 5.41) is 11.7. The van der Waals surface area contributed by atoms with Gasteiger partial charge in [0.25, 0.3) is 0 Å². The van der Waals surface area contributed by atoms with Crippen molar-refractivity contribution in [2.24, 2.45) is 10.4 Å². The van der Waals surface area contributed by atoms with Gasteiger partial charge in [0.1, 0.15) is 0 Å². The van der Waals surface area contributed by atoms with Gasteiger partial charge in [-0.1, -0.05) is 23.2 Å². The van der Waals surface area contributed by atoms with E-state index in [-0.39, 0.29) is 24.0 Å². The van der Waals surface area contributed by atoms with E-state index in [1.54, 1.807) is 7.05 Å². The maximum absolute atomic E-state index is 5.93. The van der Waals surface area contributed by atoms with E-state index in [0.717, 1.165) is 24.6 Å². The molecule has 2 fully saturated rings. The van der Waals surface area contributed by atoms with Crippen LogP contribution in [0.4, 0.5) is 0 Å². The summed E-state index contributed by atoms with van der Waals surface area (Å²) < 4.78 is 11.3. The summed E-state index contributed by atoms with van der Waals surface area (Å²) in [7, 11) is 1.80. The van der Waals surface area contributed by atoms with E-state index in [9.17, 15) is 0 Å². The molecule has 2 saturated carbocycles. The number of nitrogens with zero attached hydrogens (tertiary/aromatic N) is 3. The van der Waals surface area contributed by atoms with Crippen molar-refractivity contribution in [3.63, 3.8) is 0 Å². The van der Waals surface area contributed by atoms with Crippen LogP contribution in [0.1, 0.15) is 38.5 Å². The number of ether oxygens (including phenoxy) is 1. The summed E-state index contributed by atoms with van der Waals surface area (Å²) in [4.78, 5) is 8.83. The van der Waals surface area contributed by atoms with E-state index in [1.807, 2.05) is 24.3 Å². The lowest BCUT2D eigenvalue weighted by molar-refractivity contribution is -0.168. The lowest BCUT2D eigenvalue weighted by Crippen LogP contribution is -2.68. The minimum absolute atomic E-state index is 0. The van der Waals surface area contributed by atoms with Gasteiger partial charge in [-0.2, -0.15) is 4.98 Å². The molecule has 1 heterocycles. The first-order chi connectivity index (χ1) is 14.1. The summed E-state index contributed by atoms with van der Waals surface area (Å²) in [5.74, 6) is 1.98. The molecule has 2 aliphatic carbocycles. The van der Waals surface area contributed by atoms with Crippen LogP contribution < -0.4 is 10.6 Å². The van der Waals surface area contributed by atoms with Crippen molar-refractivity contribution in [3.05, 3.63) is 35.2 Å². The summed E-state index contributed by atoms with van der Waals surface area (Å²) in [5.41, 5.74) is 1.18. The molecule has 0 saturated heterocycles. The fourth-order valence-electron chi connectivity index (χ4n) is 4.36. The van der Waals surface area contributed by atoms with Crippen molar-refractivity contribution >= 4 is 41.5 Å². The van der Waals surface area contributed by atoms with Crippen LogP contribution in [0.3, 0.4) is 0 Å². The number of hydrogen-bond acceptors (Lipinski definition) is 5. The molecule has 2 unspecified atom stereocenters. The number of aromatic nitrogens is 2. The van der Waals surface area contributed by atoms with Gasteiger partial charge < -0.3 is 19.9 Å². The Morgan fingerprint density at radius 3 is 2.73 bits per heavy atom. The van der Waals surface area contributed by atoms with Gasteiger partial charge in [0.15, 0.2) is 5.96 Å². The zero-order valence-corrected chi connectivity index (χ0v) is 20.4. The van der Waals surface area contributed by atoms with Crippen molar-refractivity contribution in [2.75, 3.05) is 20.2 Å². The van der Waals surface area contributed by atoms with Crippen LogP contribution in [0.5, 0.6) is 0 Å². The molecule has 0 bridgehead atoms. The standard InChI is InChI=1S/C21H28ClN5O2.HI/c1-3-28-17-13-16(21(17)10-4-11-21)25-20(23-2)24-12-9-18-26-19(27-29-18)14-5-7-15(22)8-6-14;/h5-8,16-17H,3-4,9-13H2,1-2H3,(H2,23,24,25);1H. The first-order valence-electron chi connectivity index (χ1n) is 10.3. The third kappa shape index (κ3) is 4.75. The van der Waals surface area contributed by atoms with Crippen molar-refractivity contribution in [1.82, 2.24) is 20.8 Å². The number of aliphatic imine (C=N–C) groups is 1. The average Bonchev–Trinajstić information content (AvgIpc) is 3.14. The predicted octanol–water partition coefficient (Wildman–Crippen LogP) is 4.06. The average molecular weight is 546 g/mol. The van der Waals surface area contributed by atoms with Gasteiger partial charge in [-0.05, 0) is 50.5 Å². The molecule has 1 aromatic carbocycles. The molecule has 0 radical (unpaired) electrons. The first kappa shape index (κ1) is 23.3. The van der Waals surface area contributed by atoms with Crippen LogP contribution in [-0.4, -0.2) is 48.4 Å². The number of nitrogens with one attached hydrogen (secondary N) is 2. The van der Waals surface area contributed by atoms with E-state index in [4.69, 9.17) is 20.9 Å². The van der Waals surface area contributed by atoms with Gasteiger partial charge in [0, 0.05) is 48.7 Å². The second-order valence-corrected chi connectivity index (χ2v) is 8.17. The zero-order valence-electron chi connectivity index (χ0n) is 17.4. The van der Waals surface area contributed by atoms with E-state index in [1.165, 1.54) is 19.3 Å². The molecule has 7 nitrogen and oxygen atoms in total. The lowest BCUT2D eigenvalue weighted by atomic mass is 9.51. The van der Waals surface area contributed by atoms with Gasteiger partial charge in [0.2, 0.25) is 11.7 Å². The van der Waals surface area contributed by atoms with E-state index in [2.05, 4.69) is 32.7 Å². The molecule has 2 aromatic rings. The first-order valence-corrected chi connectivity index (χ1v) is 10.7. The van der Waals surface area contributed by atoms with Gasteiger partial charge >= 0.3 is 0 Å². The molecule has 4 rings (SSSR count). The molecule has 164 valence electrons.